The van der Waals surface area contributed by atoms with Crippen molar-refractivity contribution in [2.24, 2.45) is 0 Å². The summed E-state index contributed by atoms with van der Waals surface area (Å²) in [6.07, 6.45) is 0.877. The summed E-state index contributed by atoms with van der Waals surface area (Å²) in [5.41, 5.74) is 5.43. The predicted molar refractivity (Wildman–Crippen MR) is 71.7 cm³/mol. The molecule has 2 aromatic heterocycles. The first kappa shape index (κ1) is 11.0. The Labute approximate surface area is 106 Å². The van der Waals surface area contributed by atoms with Gasteiger partial charge in [0.05, 0.1) is 11.4 Å². The molecule has 1 aromatic carbocycles. The van der Waals surface area contributed by atoms with Crippen LogP contribution < -0.4 is 0 Å². The largest absolute Gasteiger partial charge is 0.234 e. The molecule has 0 unspecified atom stereocenters. The Morgan fingerprint density at radius 3 is 2.56 bits per heavy atom. The number of rotatable bonds is 2. The summed E-state index contributed by atoms with van der Waals surface area (Å²) in [7, 11) is 0. The highest BCUT2D eigenvalue weighted by Crippen LogP contribution is 2.13. The van der Waals surface area contributed by atoms with Crippen molar-refractivity contribution in [3.63, 3.8) is 0 Å². The summed E-state index contributed by atoms with van der Waals surface area (Å²) in [4.78, 5) is 4.50. The third-order valence-corrected chi connectivity index (χ3v) is 2.98. The molecule has 3 heteroatoms. The molecule has 3 rings (SSSR count). The lowest BCUT2D eigenvalue weighted by atomic mass is 10.1. The van der Waals surface area contributed by atoms with E-state index in [1.165, 1.54) is 11.3 Å². The van der Waals surface area contributed by atoms with Crippen LogP contribution in [0.5, 0.6) is 0 Å². The van der Waals surface area contributed by atoms with Crippen LogP contribution in [0.3, 0.4) is 0 Å². The number of fused-ring (bicyclic) bond motifs is 1. The van der Waals surface area contributed by atoms with Crippen LogP contribution in [0, 0.1) is 13.8 Å². The molecule has 0 spiro atoms. The summed E-state index contributed by atoms with van der Waals surface area (Å²) in [6.45, 7) is 4.02. The van der Waals surface area contributed by atoms with Crippen molar-refractivity contribution < 1.29 is 0 Å². The second-order valence-electron chi connectivity index (χ2n) is 4.61. The Morgan fingerprint density at radius 1 is 1.00 bits per heavy atom. The maximum absolute atomic E-state index is 4.50. The first-order valence-electron chi connectivity index (χ1n) is 6.09. The molecule has 2 heterocycles. The molecule has 3 nitrogen and oxygen atoms in total. The second kappa shape index (κ2) is 4.26. The molecule has 0 amide bonds. The maximum Gasteiger partial charge on any atom is 0.155 e. The van der Waals surface area contributed by atoms with E-state index >= 15 is 0 Å². The van der Waals surface area contributed by atoms with Gasteiger partial charge in [-0.05, 0) is 25.5 Å². The van der Waals surface area contributed by atoms with E-state index in [0.29, 0.717) is 0 Å². The van der Waals surface area contributed by atoms with Gasteiger partial charge in [-0.15, -0.1) is 0 Å². The third-order valence-electron chi connectivity index (χ3n) is 2.98. The number of benzene rings is 1. The first-order chi connectivity index (χ1) is 8.72. The lowest BCUT2D eigenvalue weighted by Crippen LogP contribution is -2.02. The monoisotopic (exact) mass is 237 g/mol. The minimum absolute atomic E-state index is 0.877. The van der Waals surface area contributed by atoms with E-state index in [0.717, 1.165) is 23.5 Å². The minimum atomic E-state index is 0.877. The smallest absolute Gasteiger partial charge is 0.155 e. The fourth-order valence-corrected chi connectivity index (χ4v) is 2.22. The van der Waals surface area contributed by atoms with Gasteiger partial charge < -0.3 is 0 Å². The van der Waals surface area contributed by atoms with Gasteiger partial charge >= 0.3 is 0 Å². The second-order valence-corrected chi connectivity index (χ2v) is 4.61. The van der Waals surface area contributed by atoms with E-state index in [4.69, 9.17) is 0 Å². The first-order valence-corrected chi connectivity index (χ1v) is 6.09. The standard InChI is InChI=1S/C15H15N3/c1-11-8-14(10-13-6-4-3-5-7-13)18-15(16-11)9-12(2)17-18/h3-9H,10H2,1-2H3. The Hall–Kier alpha value is -2.16. The van der Waals surface area contributed by atoms with E-state index in [-0.39, 0.29) is 0 Å². The van der Waals surface area contributed by atoms with Gasteiger partial charge in [0.25, 0.3) is 0 Å². The molecule has 90 valence electrons. The highest BCUT2D eigenvalue weighted by Gasteiger charge is 2.06. The van der Waals surface area contributed by atoms with Crippen molar-refractivity contribution in [1.29, 1.82) is 0 Å². The van der Waals surface area contributed by atoms with Crippen LogP contribution in [-0.2, 0) is 6.42 Å². The molecule has 0 saturated heterocycles. The molecular weight excluding hydrogens is 222 g/mol. The number of aromatic nitrogens is 3. The summed E-state index contributed by atoms with van der Waals surface area (Å²) < 4.78 is 1.94. The van der Waals surface area contributed by atoms with Crippen LogP contribution in [0.1, 0.15) is 22.6 Å². The molecule has 0 N–H and O–H groups in total. The number of hydrogen-bond acceptors (Lipinski definition) is 2. The van der Waals surface area contributed by atoms with Crippen LogP contribution in [0.25, 0.3) is 5.65 Å². The van der Waals surface area contributed by atoms with Crippen LogP contribution >= 0.6 is 0 Å². The zero-order valence-corrected chi connectivity index (χ0v) is 10.6. The van der Waals surface area contributed by atoms with Crippen molar-refractivity contribution in [1.82, 2.24) is 14.6 Å². The van der Waals surface area contributed by atoms with Gasteiger partial charge in [-0.2, -0.15) is 5.10 Å². The molecule has 0 aliphatic carbocycles. The van der Waals surface area contributed by atoms with E-state index in [1.54, 1.807) is 0 Å². The molecule has 0 radical (unpaired) electrons. The van der Waals surface area contributed by atoms with Gasteiger partial charge in [-0.1, -0.05) is 30.3 Å². The SMILES string of the molecule is Cc1cc(Cc2ccccc2)n2nc(C)cc2n1. The van der Waals surface area contributed by atoms with E-state index in [2.05, 4.69) is 40.4 Å². The fraction of sp³-hybridized carbons (Fsp3) is 0.200. The molecule has 0 bridgehead atoms. The quantitative estimate of drug-likeness (QED) is 0.686. The van der Waals surface area contributed by atoms with Crippen LogP contribution in [0.15, 0.2) is 42.5 Å². The molecule has 0 atom stereocenters. The Bertz CT molecular complexity index is 684. The van der Waals surface area contributed by atoms with Gasteiger partial charge in [-0.3, -0.25) is 0 Å². The van der Waals surface area contributed by atoms with Crippen molar-refractivity contribution in [3.8, 4) is 0 Å². The molecule has 0 saturated carbocycles. The molecule has 0 aliphatic rings. The van der Waals surface area contributed by atoms with Crippen molar-refractivity contribution >= 4 is 5.65 Å². The minimum Gasteiger partial charge on any atom is -0.234 e. The van der Waals surface area contributed by atoms with Crippen LogP contribution in [-0.4, -0.2) is 14.6 Å². The zero-order valence-electron chi connectivity index (χ0n) is 10.6. The number of aryl methyl sites for hydroxylation is 2. The van der Waals surface area contributed by atoms with Gasteiger partial charge in [0.1, 0.15) is 0 Å². The van der Waals surface area contributed by atoms with Crippen molar-refractivity contribution in [2.45, 2.75) is 20.3 Å². The van der Waals surface area contributed by atoms with Gasteiger partial charge in [-0.25, -0.2) is 9.50 Å². The van der Waals surface area contributed by atoms with Gasteiger partial charge in [0.2, 0.25) is 0 Å². The lowest BCUT2D eigenvalue weighted by molar-refractivity contribution is 0.842. The normalized spacial score (nSPS) is 11.0. The molecule has 0 fully saturated rings. The van der Waals surface area contributed by atoms with Crippen molar-refractivity contribution in [3.05, 3.63) is 65.1 Å². The van der Waals surface area contributed by atoms with E-state index in [1.807, 2.05) is 30.5 Å². The third kappa shape index (κ3) is 1.99. The summed E-state index contributed by atoms with van der Waals surface area (Å²) >= 11 is 0. The van der Waals surface area contributed by atoms with E-state index in [9.17, 15) is 0 Å². The molecule has 0 aliphatic heterocycles. The highest BCUT2D eigenvalue weighted by molar-refractivity contribution is 5.42. The Balaban J connectivity index is 2.10. The molecular formula is C15H15N3. The molecule has 3 aromatic rings. The van der Waals surface area contributed by atoms with Crippen molar-refractivity contribution in [2.75, 3.05) is 0 Å². The molecule has 18 heavy (non-hydrogen) atoms. The van der Waals surface area contributed by atoms with Gasteiger partial charge in [0, 0.05) is 18.2 Å². The van der Waals surface area contributed by atoms with Crippen LogP contribution in [0.4, 0.5) is 0 Å². The number of nitrogens with zero attached hydrogens (tertiary/aromatic N) is 3. The predicted octanol–water partition coefficient (Wildman–Crippen LogP) is 2.94. The lowest BCUT2D eigenvalue weighted by Gasteiger charge is -2.06. The fourth-order valence-electron chi connectivity index (χ4n) is 2.22. The van der Waals surface area contributed by atoms with Gasteiger partial charge in [0.15, 0.2) is 5.65 Å². The average molecular weight is 237 g/mol. The maximum atomic E-state index is 4.50. The number of hydrogen-bond donors (Lipinski definition) is 0. The average Bonchev–Trinajstić information content (AvgIpc) is 2.71. The highest BCUT2D eigenvalue weighted by atomic mass is 15.3. The summed E-state index contributed by atoms with van der Waals surface area (Å²) in [6, 6.07) is 14.6. The summed E-state index contributed by atoms with van der Waals surface area (Å²) in [5.74, 6) is 0. The Kier molecular flexibility index (Phi) is 2.59. The summed E-state index contributed by atoms with van der Waals surface area (Å²) in [5, 5.41) is 4.50. The van der Waals surface area contributed by atoms with E-state index < -0.39 is 0 Å². The zero-order chi connectivity index (χ0) is 12.5. The topological polar surface area (TPSA) is 30.2 Å². The van der Waals surface area contributed by atoms with Crippen LogP contribution in [0.2, 0.25) is 0 Å². The Morgan fingerprint density at radius 2 is 1.78 bits per heavy atom.